The maximum Gasteiger partial charge on any atom is 0.119 e. The zero-order valence-electron chi connectivity index (χ0n) is 13.7. The molecule has 1 aliphatic rings. The second-order valence-electron chi connectivity index (χ2n) is 5.79. The Morgan fingerprint density at radius 3 is 2.14 bits per heavy atom. The number of hydrogen-bond acceptors (Lipinski definition) is 4. The minimum Gasteiger partial charge on any atom is -0.494 e. The van der Waals surface area contributed by atoms with Crippen LogP contribution >= 0.6 is 12.4 Å². The van der Waals surface area contributed by atoms with Gasteiger partial charge in [-0.05, 0) is 56.5 Å². The minimum absolute atomic E-state index is 0. The van der Waals surface area contributed by atoms with E-state index in [9.17, 15) is 0 Å². The lowest BCUT2D eigenvalue weighted by Gasteiger charge is -2.26. The molecule has 0 saturated heterocycles. The number of nitrogens with zero attached hydrogens (tertiary/aromatic N) is 1. The zero-order chi connectivity index (χ0) is 15.1. The molecular formula is C17H29ClN2O2. The van der Waals surface area contributed by atoms with E-state index in [2.05, 4.69) is 18.9 Å². The highest BCUT2D eigenvalue weighted by molar-refractivity contribution is 5.85. The molecule has 0 radical (unpaired) electrons. The third-order valence-corrected chi connectivity index (χ3v) is 3.98. The first-order valence-electron chi connectivity index (χ1n) is 8.00. The molecule has 0 bridgehead atoms. The van der Waals surface area contributed by atoms with Crippen molar-refractivity contribution in [1.29, 1.82) is 0 Å². The Bertz CT molecular complexity index is 410. The lowest BCUT2D eigenvalue weighted by atomic mass is 10.1. The highest BCUT2D eigenvalue weighted by atomic mass is 35.5. The molecule has 0 aliphatic heterocycles. The van der Waals surface area contributed by atoms with E-state index in [0.717, 1.165) is 43.5 Å². The fourth-order valence-electron chi connectivity index (χ4n) is 2.54. The predicted molar refractivity (Wildman–Crippen MR) is 93.2 cm³/mol. The van der Waals surface area contributed by atoms with Crippen molar-refractivity contribution >= 4 is 12.4 Å². The Hall–Kier alpha value is -0.970. The van der Waals surface area contributed by atoms with Crippen LogP contribution in [0.1, 0.15) is 26.2 Å². The van der Waals surface area contributed by atoms with Crippen LogP contribution in [0.5, 0.6) is 11.5 Å². The average molecular weight is 329 g/mol. The molecule has 1 aromatic rings. The summed E-state index contributed by atoms with van der Waals surface area (Å²) in [5, 5.41) is 0. The molecule has 126 valence electrons. The summed E-state index contributed by atoms with van der Waals surface area (Å²) in [5.74, 6) is 2.59. The van der Waals surface area contributed by atoms with Gasteiger partial charge in [-0.3, -0.25) is 4.90 Å². The lowest BCUT2D eigenvalue weighted by Crippen LogP contribution is -2.41. The summed E-state index contributed by atoms with van der Waals surface area (Å²) >= 11 is 0. The van der Waals surface area contributed by atoms with Crippen molar-refractivity contribution in [3.63, 3.8) is 0 Å². The number of hydrogen-bond donors (Lipinski definition) is 1. The number of likely N-dealkylation sites (N-methyl/N-ethyl adjacent to an activating group) is 1. The number of halogens is 1. The van der Waals surface area contributed by atoms with Crippen LogP contribution < -0.4 is 15.2 Å². The van der Waals surface area contributed by atoms with Gasteiger partial charge in [0, 0.05) is 19.1 Å². The molecule has 0 aromatic heterocycles. The molecule has 0 spiro atoms. The summed E-state index contributed by atoms with van der Waals surface area (Å²) in [6.07, 6.45) is 3.67. The topological polar surface area (TPSA) is 47.7 Å². The molecule has 4 nitrogen and oxygen atoms in total. The van der Waals surface area contributed by atoms with Crippen molar-refractivity contribution < 1.29 is 9.47 Å². The van der Waals surface area contributed by atoms with Gasteiger partial charge in [0.1, 0.15) is 18.1 Å². The third kappa shape index (κ3) is 6.03. The standard InChI is InChI=1S/C17H28N2O2.ClH/c1-3-11-20-15-6-8-16(9-7-15)21-12-10-19(2)17(13-18)14-4-5-14;/h6-9,14,17H,3-5,10-13,18H2,1-2H3;1H. The van der Waals surface area contributed by atoms with Crippen LogP contribution in [0.2, 0.25) is 0 Å². The quantitative estimate of drug-likeness (QED) is 0.717. The molecule has 0 amide bonds. The van der Waals surface area contributed by atoms with Crippen LogP contribution in [0.15, 0.2) is 24.3 Å². The van der Waals surface area contributed by atoms with Gasteiger partial charge in [-0.1, -0.05) is 6.92 Å². The highest BCUT2D eigenvalue weighted by Crippen LogP contribution is 2.34. The molecule has 1 saturated carbocycles. The molecule has 2 N–H and O–H groups in total. The van der Waals surface area contributed by atoms with E-state index in [0.29, 0.717) is 12.6 Å². The number of benzene rings is 1. The van der Waals surface area contributed by atoms with Gasteiger partial charge >= 0.3 is 0 Å². The molecule has 22 heavy (non-hydrogen) atoms. The second-order valence-corrected chi connectivity index (χ2v) is 5.79. The van der Waals surface area contributed by atoms with Gasteiger partial charge in [-0.2, -0.15) is 0 Å². The molecule has 1 aromatic carbocycles. The SMILES string of the molecule is CCCOc1ccc(OCCN(C)C(CN)C2CC2)cc1.Cl. The predicted octanol–water partition coefficient (Wildman–Crippen LogP) is 2.95. The monoisotopic (exact) mass is 328 g/mol. The van der Waals surface area contributed by atoms with Crippen LogP contribution in [0, 0.1) is 5.92 Å². The van der Waals surface area contributed by atoms with E-state index in [-0.39, 0.29) is 12.4 Å². The normalized spacial score (nSPS) is 15.3. The Balaban J connectivity index is 0.00000242. The molecule has 1 unspecified atom stereocenters. The summed E-state index contributed by atoms with van der Waals surface area (Å²) < 4.78 is 11.3. The molecule has 1 aliphatic carbocycles. The summed E-state index contributed by atoms with van der Waals surface area (Å²) in [6, 6.07) is 8.36. The van der Waals surface area contributed by atoms with Gasteiger partial charge in [0.05, 0.1) is 6.61 Å². The maximum absolute atomic E-state index is 5.86. The van der Waals surface area contributed by atoms with Crippen LogP contribution in [0.4, 0.5) is 0 Å². The number of ether oxygens (including phenoxy) is 2. The number of rotatable bonds is 10. The van der Waals surface area contributed by atoms with Crippen molar-refractivity contribution in [2.75, 3.05) is 33.4 Å². The largest absolute Gasteiger partial charge is 0.494 e. The van der Waals surface area contributed by atoms with E-state index in [1.54, 1.807) is 0 Å². The first kappa shape index (κ1) is 19.1. The van der Waals surface area contributed by atoms with Crippen LogP contribution in [0.3, 0.4) is 0 Å². The second kappa shape index (κ2) is 9.93. The van der Waals surface area contributed by atoms with E-state index in [1.807, 2.05) is 24.3 Å². The Labute approximate surface area is 140 Å². The maximum atomic E-state index is 5.86. The Morgan fingerprint density at radius 1 is 1.14 bits per heavy atom. The lowest BCUT2D eigenvalue weighted by molar-refractivity contribution is 0.180. The van der Waals surface area contributed by atoms with E-state index < -0.39 is 0 Å². The van der Waals surface area contributed by atoms with E-state index >= 15 is 0 Å². The summed E-state index contributed by atoms with van der Waals surface area (Å²) in [5.41, 5.74) is 5.86. The molecule has 1 fully saturated rings. The number of nitrogens with two attached hydrogens (primary N) is 1. The van der Waals surface area contributed by atoms with Crippen molar-refractivity contribution in [3.05, 3.63) is 24.3 Å². The van der Waals surface area contributed by atoms with Crippen LogP contribution in [-0.2, 0) is 0 Å². The van der Waals surface area contributed by atoms with Gasteiger partial charge < -0.3 is 15.2 Å². The van der Waals surface area contributed by atoms with Gasteiger partial charge in [0.2, 0.25) is 0 Å². The van der Waals surface area contributed by atoms with Gasteiger partial charge in [0.25, 0.3) is 0 Å². The van der Waals surface area contributed by atoms with E-state index in [4.69, 9.17) is 15.2 Å². The van der Waals surface area contributed by atoms with Gasteiger partial charge in [-0.15, -0.1) is 12.4 Å². The van der Waals surface area contributed by atoms with Crippen LogP contribution in [0.25, 0.3) is 0 Å². The Morgan fingerprint density at radius 2 is 1.68 bits per heavy atom. The molecule has 2 rings (SSSR count). The third-order valence-electron chi connectivity index (χ3n) is 3.98. The van der Waals surface area contributed by atoms with E-state index in [1.165, 1.54) is 12.8 Å². The Kier molecular flexibility index (Phi) is 8.61. The van der Waals surface area contributed by atoms with Crippen LogP contribution in [-0.4, -0.2) is 44.3 Å². The summed E-state index contributed by atoms with van der Waals surface area (Å²) in [4.78, 5) is 2.33. The fraction of sp³-hybridized carbons (Fsp3) is 0.647. The first-order chi connectivity index (χ1) is 10.2. The summed E-state index contributed by atoms with van der Waals surface area (Å²) in [6.45, 7) is 5.20. The molecular weight excluding hydrogens is 300 g/mol. The van der Waals surface area contributed by atoms with Crippen molar-refractivity contribution in [3.8, 4) is 11.5 Å². The fourth-order valence-corrected chi connectivity index (χ4v) is 2.54. The van der Waals surface area contributed by atoms with Crippen molar-refractivity contribution in [2.45, 2.75) is 32.2 Å². The molecule has 0 heterocycles. The highest BCUT2D eigenvalue weighted by Gasteiger charge is 2.32. The first-order valence-corrected chi connectivity index (χ1v) is 8.00. The van der Waals surface area contributed by atoms with Gasteiger partial charge in [-0.25, -0.2) is 0 Å². The smallest absolute Gasteiger partial charge is 0.119 e. The van der Waals surface area contributed by atoms with Crippen molar-refractivity contribution in [1.82, 2.24) is 4.90 Å². The van der Waals surface area contributed by atoms with Gasteiger partial charge in [0.15, 0.2) is 0 Å². The molecule has 1 atom stereocenters. The summed E-state index contributed by atoms with van der Waals surface area (Å²) in [7, 11) is 2.14. The minimum atomic E-state index is 0. The molecule has 5 heteroatoms. The average Bonchev–Trinajstić information content (AvgIpc) is 3.32. The zero-order valence-corrected chi connectivity index (χ0v) is 14.5. The van der Waals surface area contributed by atoms with Crippen molar-refractivity contribution in [2.24, 2.45) is 11.7 Å².